The highest BCUT2D eigenvalue weighted by Crippen LogP contribution is 2.25. The van der Waals surface area contributed by atoms with E-state index in [2.05, 4.69) is 6.58 Å². The molecule has 2 rings (SSSR count). The second kappa shape index (κ2) is 6.41. The van der Waals surface area contributed by atoms with E-state index in [1.807, 2.05) is 19.1 Å². The molecule has 0 heterocycles. The fraction of sp³-hybridized carbons (Fsp3) is 0.438. The van der Waals surface area contributed by atoms with E-state index in [1.165, 1.54) is 0 Å². The number of hydrogen-bond acceptors (Lipinski definition) is 3. The Bertz CT molecular complexity index is 459. The molecule has 0 bridgehead atoms. The molecular formula is C16H20O3. The zero-order valence-electron chi connectivity index (χ0n) is 11.4. The van der Waals surface area contributed by atoms with Crippen LogP contribution in [0, 0.1) is 0 Å². The standard InChI is InChI=1S/C16H20O3/c1-12(2)11-18-15-10-6-5-9-14(15)16(17)19-13-7-3-4-8-13/h5-6,9-10,13H,1,3-4,7-8,11H2,2H3. The van der Waals surface area contributed by atoms with Gasteiger partial charge in [0.05, 0.1) is 0 Å². The number of benzene rings is 1. The van der Waals surface area contributed by atoms with Crippen molar-refractivity contribution in [2.45, 2.75) is 38.7 Å². The van der Waals surface area contributed by atoms with E-state index >= 15 is 0 Å². The topological polar surface area (TPSA) is 35.5 Å². The highest BCUT2D eigenvalue weighted by atomic mass is 16.5. The van der Waals surface area contributed by atoms with Crippen LogP contribution >= 0.6 is 0 Å². The van der Waals surface area contributed by atoms with Gasteiger partial charge in [-0.1, -0.05) is 18.7 Å². The first-order valence-electron chi connectivity index (χ1n) is 6.74. The van der Waals surface area contributed by atoms with E-state index in [4.69, 9.17) is 9.47 Å². The van der Waals surface area contributed by atoms with Gasteiger partial charge in [0.15, 0.2) is 0 Å². The Morgan fingerprint density at radius 1 is 1.32 bits per heavy atom. The van der Waals surface area contributed by atoms with Crippen LogP contribution < -0.4 is 4.74 Å². The molecule has 1 saturated carbocycles. The Morgan fingerprint density at radius 3 is 2.68 bits per heavy atom. The van der Waals surface area contributed by atoms with Crippen LogP contribution in [0.3, 0.4) is 0 Å². The summed E-state index contributed by atoms with van der Waals surface area (Å²) in [5.74, 6) is 0.276. The molecule has 1 aliphatic rings. The number of carbonyl (C=O) groups is 1. The lowest BCUT2D eigenvalue weighted by Crippen LogP contribution is -2.16. The van der Waals surface area contributed by atoms with E-state index in [1.54, 1.807) is 12.1 Å². The molecule has 0 aromatic heterocycles. The summed E-state index contributed by atoms with van der Waals surface area (Å²) in [7, 11) is 0. The minimum absolute atomic E-state index is 0.0710. The summed E-state index contributed by atoms with van der Waals surface area (Å²) in [4.78, 5) is 12.1. The zero-order chi connectivity index (χ0) is 13.7. The predicted molar refractivity (Wildman–Crippen MR) is 74.4 cm³/mol. The second-order valence-corrected chi connectivity index (χ2v) is 5.05. The Hall–Kier alpha value is -1.77. The molecule has 0 spiro atoms. The van der Waals surface area contributed by atoms with Crippen LogP contribution in [-0.2, 0) is 4.74 Å². The number of esters is 1. The molecule has 3 nitrogen and oxygen atoms in total. The minimum Gasteiger partial charge on any atom is -0.488 e. The van der Waals surface area contributed by atoms with Gasteiger partial charge in [-0.05, 0) is 50.3 Å². The van der Waals surface area contributed by atoms with Crippen molar-refractivity contribution in [3.8, 4) is 5.75 Å². The Labute approximate surface area is 114 Å². The third kappa shape index (κ3) is 3.85. The lowest BCUT2D eigenvalue weighted by molar-refractivity contribution is 0.0314. The largest absolute Gasteiger partial charge is 0.488 e. The number of rotatable bonds is 5. The smallest absolute Gasteiger partial charge is 0.342 e. The van der Waals surface area contributed by atoms with Crippen LogP contribution in [0.1, 0.15) is 43.0 Å². The highest BCUT2D eigenvalue weighted by Gasteiger charge is 2.22. The average Bonchev–Trinajstić information content (AvgIpc) is 2.89. The maximum absolute atomic E-state index is 12.1. The number of para-hydroxylation sites is 1. The summed E-state index contributed by atoms with van der Waals surface area (Å²) in [6, 6.07) is 7.19. The average molecular weight is 260 g/mol. The van der Waals surface area contributed by atoms with Crippen molar-refractivity contribution in [3.63, 3.8) is 0 Å². The van der Waals surface area contributed by atoms with Gasteiger partial charge in [-0.15, -0.1) is 0 Å². The highest BCUT2D eigenvalue weighted by molar-refractivity contribution is 5.92. The van der Waals surface area contributed by atoms with Crippen LogP contribution in [0.4, 0.5) is 0 Å². The van der Waals surface area contributed by atoms with Gasteiger partial charge in [-0.3, -0.25) is 0 Å². The third-order valence-electron chi connectivity index (χ3n) is 3.16. The molecule has 0 aliphatic heterocycles. The molecule has 1 aliphatic carbocycles. The second-order valence-electron chi connectivity index (χ2n) is 5.05. The van der Waals surface area contributed by atoms with E-state index in [9.17, 15) is 4.79 Å². The molecule has 1 aromatic rings. The molecule has 102 valence electrons. The van der Waals surface area contributed by atoms with Crippen molar-refractivity contribution in [1.82, 2.24) is 0 Å². The van der Waals surface area contributed by atoms with E-state index in [0.29, 0.717) is 17.9 Å². The van der Waals surface area contributed by atoms with E-state index in [-0.39, 0.29) is 12.1 Å². The molecule has 19 heavy (non-hydrogen) atoms. The number of hydrogen-bond donors (Lipinski definition) is 0. The van der Waals surface area contributed by atoms with Gasteiger partial charge in [-0.2, -0.15) is 0 Å². The molecule has 1 fully saturated rings. The Morgan fingerprint density at radius 2 is 2.00 bits per heavy atom. The van der Waals surface area contributed by atoms with Crippen LogP contribution in [0.5, 0.6) is 5.75 Å². The molecule has 0 amide bonds. The molecule has 0 saturated heterocycles. The summed E-state index contributed by atoms with van der Waals surface area (Å²) >= 11 is 0. The van der Waals surface area contributed by atoms with Gasteiger partial charge in [0, 0.05) is 0 Å². The van der Waals surface area contributed by atoms with Crippen molar-refractivity contribution in [2.24, 2.45) is 0 Å². The van der Waals surface area contributed by atoms with E-state index < -0.39 is 0 Å². The third-order valence-corrected chi connectivity index (χ3v) is 3.16. The van der Waals surface area contributed by atoms with Crippen molar-refractivity contribution in [1.29, 1.82) is 0 Å². The molecule has 0 N–H and O–H groups in total. The molecule has 0 radical (unpaired) electrons. The number of ether oxygens (including phenoxy) is 2. The van der Waals surface area contributed by atoms with Crippen molar-refractivity contribution in [3.05, 3.63) is 42.0 Å². The normalized spacial score (nSPS) is 15.2. The molecule has 0 atom stereocenters. The van der Waals surface area contributed by atoms with Crippen LogP contribution in [0.2, 0.25) is 0 Å². The van der Waals surface area contributed by atoms with Gasteiger partial charge in [-0.25, -0.2) is 4.79 Å². The van der Waals surface area contributed by atoms with Gasteiger partial charge >= 0.3 is 5.97 Å². The summed E-state index contributed by atoms with van der Waals surface area (Å²) in [5.41, 5.74) is 1.41. The number of carbonyl (C=O) groups excluding carboxylic acids is 1. The fourth-order valence-electron chi connectivity index (χ4n) is 2.18. The quantitative estimate of drug-likeness (QED) is 0.597. The van der Waals surface area contributed by atoms with Gasteiger partial charge in [0.1, 0.15) is 24.0 Å². The van der Waals surface area contributed by atoms with E-state index in [0.717, 1.165) is 31.3 Å². The Balaban J connectivity index is 2.04. The van der Waals surface area contributed by atoms with Crippen molar-refractivity contribution >= 4 is 5.97 Å². The van der Waals surface area contributed by atoms with Crippen molar-refractivity contribution in [2.75, 3.05) is 6.61 Å². The lowest BCUT2D eigenvalue weighted by Gasteiger charge is -2.14. The summed E-state index contributed by atoms with van der Waals surface area (Å²) in [5, 5.41) is 0. The maximum atomic E-state index is 12.1. The monoisotopic (exact) mass is 260 g/mol. The van der Waals surface area contributed by atoms with Gasteiger partial charge < -0.3 is 9.47 Å². The van der Waals surface area contributed by atoms with Crippen LogP contribution in [0.15, 0.2) is 36.4 Å². The first-order chi connectivity index (χ1) is 9.16. The minimum atomic E-state index is -0.288. The summed E-state index contributed by atoms with van der Waals surface area (Å²) in [6.07, 6.45) is 4.31. The Kier molecular flexibility index (Phi) is 4.61. The zero-order valence-corrected chi connectivity index (χ0v) is 11.4. The van der Waals surface area contributed by atoms with Gasteiger partial charge in [0.25, 0.3) is 0 Å². The molecular weight excluding hydrogens is 240 g/mol. The first kappa shape index (κ1) is 13.7. The summed E-state index contributed by atoms with van der Waals surface area (Å²) in [6.45, 7) is 6.09. The lowest BCUT2D eigenvalue weighted by atomic mass is 10.2. The molecule has 0 unspecified atom stereocenters. The predicted octanol–water partition coefficient (Wildman–Crippen LogP) is 3.74. The summed E-state index contributed by atoms with van der Waals surface area (Å²) < 4.78 is 11.1. The first-order valence-corrected chi connectivity index (χ1v) is 6.74. The van der Waals surface area contributed by atoms with Crippen molar-refractivity contribution < 1.29 is 14.3 Å². The fourth-order valence-corrected chi connectivity index (χ4v) is 2.18. The SMILES string of the molecule is C=C(C)COc1ccccc1C(=O)OC1CCCC1. The molecule has 1 aromatic carbocycles. The van der Waals surface area contributed by atoms with Gasteiger partial charge in [0.2, 0.25) is 0 Å². The maximum Gasteiger partial charge on any atom is 0.342 e. The molecule has 3 heteroatoms. The van der Waals surface area contributed by atoms with Crippen LogP contribution in [-0.4, -0.2) is 18.7 Å². The van der Waals surface area contributed by atoms with Crippen LogP contribution in [0.25, 0.3) is 0 Å².